The van der Waals surface area contributed by atoms with Crippen LogP contribution < -0.4 is 0 Å². The Kier molecular flexibility index (Phi) is 5.75. The molecule has 0 radical (unpaired) electrons. The Morgan fingerprint density at radius 3 is 2.35 bits per heavy atom. The molecule has 1 N–H and O–H groups in total. The minimum atomic E-state index is 0.254. The van der Waals surface area contributed by atoms with Crippen molar-refractivity contribution in [1.82, 2.24) is 0 Å². The van der Waals surface area contributed by atoms with E-state index in [1.165, 1.54) is 11.1 Å². The third-order valence-corrected chi connectivity index (χ3v) is 4.32. The second-order valence-electron chi connectivity index (χ2n) is 5.88. The predicted octanol–water partition coefficient (Wildman–Crippen LogP) is 5.43. The fourth-order valence-corrected chi connectivity index (χ4v) is 2.55. The van der Waals surface area contributed by atoms with Gasteiger partial charge in [-0.2, -0.15) is 0 Å². The van der Waals surface area contributed by atoms with E-state index in [1.54, 1.807) is 13.1 Å². The van der Waals surface area contributed by atoms with Crippen molar-refractivity contribution in [1.29, 1.82) is 0 Å². The van der Waals surface area contributed by atoms with Gasteiger partial charge in [-0.1, -0.05) is 50.2 Å². The molecule has 0 bridgehead atoms. The van der Waals surface area contributed by atoms with Gasteiger partial charge >= 0.3 is 0 Å². The summed E-state index contributed by atoms with van der Waals surface area (Å²) in [7, 11) is 1.75. The number of hydrogen-bond donors (Lipinski definition) is 1. The average molecular weight is 307 g/mol. The first kappa shape index (κ1) is 17.0. The van der Waals surface area contributed by atoms with Crippen LogP contribution in [0.4, 0.5) is 0 Å². The van der Waals surface area contributed by atoms with Crippen molar-refractivity contribution in [2.24, 2.45) is 4.99 Å². The zero-order valence-corrected chi connectivity index (χ0v) is 14.4. The number of benzene rings is 2. The molecule has 0 aliphatic carbocycles. The van der Waals surface area contributed by atoms with E-state index in [0.717, 1.165) is 23.3 Å². The highest BCUT2D eigenvalue weighted by Gasteiger charge is 2.07. The maximum absolute atomic E-state index is 10.0. The average Bonchev–Trinajstić information content (AvgIpc) is 2.59. The molecule has 0 spiro atoms. The molecule has 0 amide bonds. The molecule has 1 unspecified atom stereocenters. The van der Waals surface area contributed by atoms with Gasteiger partial charge in [0.1, 0.15) is 5.75 Å². The largest absolute Gasteiger partial charge is 0.507 e. The highest BCUT2D eigenvalue weighted by Crippen LogP contribution is 2.23. The summed E-state index contributed by atoms with van der Waals surface area (Å²) in [5.74, 6) is 0.839. The van der Waals surface area contributed by atoms with E-state index in [4.69, 9.17) is 0 Å². The van der Waals surface area contributed by atoms with E-state index in [-0.39, 0.29) is 5.75 Å². The summed E-state index contributed by atoms with van der Waals surface area (Å²) < 4.78 is 0. The summed E-state index contributed by atoms with van der Waals surface area (Å²) in [6, 6.07) is 16.0. The first-order valence-corrected chi connectivity index (χ1v) is 8.10. The van der Waals surface area contributed by atoms with Gasteiger partial charge in [0.2, 0.25) is 0 Å². The minimum absolute atomic E-state index is 0.254. The van der Waals surface area contributed by atoms with Gasteiger partial charge < -0.3 is 5.11 Å². The number of hydrogen-bond acceptors (Lipinski definition) is 2. The lowest BCUT2D eigenvalue weighted by molar-refractivity contribution is 0.474. The van der Waals surface area contributed by atoms with E-state index in [2.05, 4.69) is 50.0 Å². The molecule has 0 fully saturated rings. The molecule has 0 heterocycles. The summed E-state index contributed by atoms with van der Waals surface area (Å²) in [4.78, 5) is 4.32. The molecule has 120 valence electrons. The Morgan fingerprint density at radius 2 is 1.78 bits per heavy atom. The standard InChI is InChI=1S/C21H25NO/c1-5-15(2)17-10-12-18(13-11-17)16(3)14-20(22-4)19-8-6-7-9-21(19)23/h6-15,23H,5H2,1-4H3/b16-14+,22-20?. The molecule has 2 rings (SSSR count). The maximum atomic E-state index is 10.0. The van der Waals surface area contributed by atoms with Crippen LogP contribution in [0, 0.1) is 0 Å². The lowest BCUT2D eigenvalue weighted by Crippen LogP contribution is -1.98. The van der Waals surface area contributed by atoms with Gasteiger partial charge in [-0.3, -0.25) is 4.99 Å². The van der Waals surface area contributed by atoms with Crippen LogP contribution >= 0.6 is 0 Å². The van der Waals surface area contributed by atoms with E-state index in [0.29, 0.717) is 5.92 Å². The molecule has 2 heteroatoms. The second kappa shape index (κ2) is 7.77. The Labute approximate surface area is 139 Å². The highest BCUT2D eigenvalue weighted by molar-refractivity contribution is 6.13. The normalized spacial score (nSPS) is 13.9. The van der Waals surface area contributed by atoms with Crippen LogP contribution in [0.25, 0.3) is 5.57 Å². The highest BCUT2D eigenvalue weighted by atomic mass is 16.3. The predicted molar refractivity (Wildman–Crippen MR) is 99.4 cm³/mol. The van der Waals surface area contributed by atoms with Crippen molar-refractivity contribution in [2.75, 3.05) is 7.05 Å². The molecule has 2 aromatic carbocycles. The van der Waals surface area contributed by atoms with E-state index in [1.807, 2.05) is 24.3 Å². The lowest BCUT2D eigenvalue weighted by Gasteiger charge is -2.10. The summed E-state index contributed by atoms with van der Waals surface area (Å²) in [5.41, 5.74) is 5.21. The van der Waals surface area contributed by atoms with Crippen LogP contribution in [0.3, 0.4) is 0 Å². The molecule has 2 nitrogen and oxygen atoms in total. The molecule has 0 saturated carbocycles. The van der Waals surface area contributed by atoms with Gasteiger partial charge in [-0.05, 0) is 54.2 Å². The molecule has 2 aromatic rings. The Balaban J connectivity index is 2.29. The van der Waals surface area contributed by atoms with Crippen molar-refractivity contribution in [3.63, 3.8) is 0 Å². The number of aromatic hydroxyl groups is 1. The number of nitrogens with zero attached hydrogens (tertiary/aromatic N) is 1. The molecule has 1 atom stereocenters. The van der Waals surface area contributed by atoms with E-state index >= 15 is 0 Å². The topological polar surface area (TPSA) is 32.6 Å². The van der Waals surface area contributed by atoms with Crippen LogP contribution in [-0.4, -0.2) is 17.9 Å². The third kappa shape index (κ3) is 4.10. The monoisotopic (exact) mass is 307 g/mol. The summed E-state index contributed by atoms with van der Waals surface area (Å²) >= 11 is 0. The van der Waals surface area contributed by atoms with E-state index < -0.39 is 0 Å². The van der Waals surface area contributed by atoms with Gasteiger partial charge in [0, 0.05) is 12.6 Å². The third-order valence-electron chi connectivity index (χ3n) is 4.32. The quantitative estimate of drug-likeness (QED) is 0.734. The van der Waals surface area contributed by atoms with Crippen LogP contribution in [0.1, 0.15) is 49.8 Å². The number of allylic oxidation sites excluding steroid dienone is 2. The van der Waals surface area contributed by atoms with Gasteiger partial charge in [0.25, 0.3) is 0 Å². The molecule has 0 aliphatic heterocycles. The van der Waals surface area contributed by atoms with Crippen LogP contribution in [-0.2, 0) is 0 Å². The zero-order valence-electron chi connectivity index (χ0n) is 14.4. The van der Waals surface area contributed by atoms with Gasteiger partial charge in [0.15, 0.2) is 0 Å². The van der Waals surface area contributed by atoms with Gasteiger partial charge in [-0.25, -0.2) is 0 Å². The van der Waals surface area contributed by atoms with Crippen molar-refractivity contribution in [3.05, 3.63) is 71.3 Å². The lowest BCUT2D eigenvalue weighted by atomic mass is 9.95. The first-order chi connectivity index (χ1) is 11.1. The fourth-order valence-electron chi connectivity index (χ4n) is 2.55. The maximum Gasteiger partial charge on any atom is 0.124 e. The molecule has 0 saturated heterocycles. The summed E-state index contributed by atoms with van der Waals surface area (Å²) in [6.45, 7) is 6.53. The van der Waals surface area contributed by atoms with Gasteiger partial charge in [-0.15, -0.1) is 0 Å². The van der Waals surface area contributed by atoms with Crippen molar-refractivity contribution < 1.29 is 5.11 Å². The van der Waals surface area contributed by atoms with Gasteiger partial charge in [0.05, 0.1) is 5.71 Å². The van der Waals surface area contributed by atoms with Crippen LogP contribution in [0.5, 0.6) is 5.75 Å². The Morgan fingerprint density at radius 1 is 1.13 bits per heavy atom. The SMILES string of the molecule is CCC(C)c1ccc(/C(C)=C/C(=NC)c2ccccc2O)cc1. The van der Waals surface area contributed by atoms with Crippen LogP contribution in [0.15, 0.2) is 59.6 Å². The summed E-state index contributed by atoms with van der Waals surface area (Å²) in [5, 5.41) is 10.0. The smallest absolute Gasteiger partial charge is 0.124 e. The van der Waals surface area contributed by atoms with Crippen molar-refractivity contribution in [3.8, 4) is 5.75 Å². The number of phenols is 1. The molecular weight excluding hydrogens is 282 g/mol. The molecule has 0 aliphatic rings. The zero-order chi connectivity index (χ0) is 16.8. The van der Waals surface area contributed by atoms with Crippen molar-refractivity contribution in [2.45, 2.75) is 33.1 Å². The molecule has 23 heavy (non-hydrogen) atoms. The Hall–Kier alpha value is -2.35. The molecular formula is C21H25NO. The Bertz CT molecular complexity index is 711. The number of para-hydroxylation sites is 1. The van der Waals surface area contributed by atoms with E-state index in [9.17, 15) is 5.11 Å². The first-order valence-electron chi connectivity index (χ1n) is 8.10. The summed E-state index contributed by atoms with van der Waals surface area (Å²) in [6.07, 6.45) is 3.17. The number of phenolic OH excluding ortho intramolecular Hbond substituents is 1. The number of aliphatic imine (C=N–C) groups is 1. The van der Waals surface area contributed by atoms with Crippen LogP contribution in [0.2, 0.25) is 0 Å². The fraction of sp³-hybridized carbons (Fsp3) is 0.286. The number of rotatable bonds is 5. The second-order valence-corrected chi connectivity index (χ2v) is 5.88. The minimum Gasteiger partial charge on any atom is -0.507 e. The van der Waals surface area contributed by atoms with Crippen molar-refractivity contribution >= 4 is 11.3 Å². The molecule has 0 aromatic heterocycles.